The van der Waals surface area contributed by atoms with E-state index in [0.29, 0.717) is 10.8 Å². The molecule has 0 saturated carbocycles. The van der Waals surface area contributed by atoms with Crippen molar-refractivity contribution in [3.8, 4) is 0 Å². The molecule has 1 aromatic carbocycles. The lowest BCUT2D eigenvalue weighted by molar-refractivity contribution is 1.04. The molecule has 0 spiro atoms. The van der Waals surface area contributed by atoms with Crippen LogP contribution in [-0.2, 0) is 0 Å². The first-order chi connectivity index (χ1) is 7.65. The fourth-order valence-corrected chi connectivity index (χ4v) is 1.44. The average molecular weight is 254 g/mol. The number of aromatic amines is 1. The second-order valence-corrected chi connectivity index (χ2v) is 3.89. The molecule has 0 atom stereocenters. The molecule has 0 fully saturated rings. The molecule has 0 saturated heterocycles. The number of imidazole rings is 1. The molecule has 0 amide bonds. The lowest BCUT2D eigenvalue weighted by Crippen LogP contribution is -2.24. The molecule has 0 aliphatic carbocycles. The van der Waals surface area contributed by atoms with Gasteiger partial charge in [-0.15, -0.1) is 0 Å². The molecular weight excluding hydrogens is 246 g/mol. The van der Waals surface area contributed by atoms with Crippen molar-refractivity contribution < 1.29 is 0 Å². The van der Waals surface area contributed by atoms with E-state index < -0.39 is 0 Å². The van der Waals surface area contributed by atoms with E-state index in [4.69, 9.17) is 17.3 Å². The van der Waals surface area contributed by atoms with Crippen molar-refractivity contribution in [3.05, 3.63) is 29.0 Å². The molecule has 0 bridgehead atoms. The van der Waals surface area contributed by atoms with Crippen LogP contribution in [0.1, 0.15) is 5.82 Å². The van der Waals surface area contributed by atoms with Crippen molar-refractivity contribution in [1.82, 2.24) is 15.4 Å². The van der Waals surface area contributed by atoms with Gasteiger partial charge in [-0.25, -0.2) is 4.98 Å². The summed E-state index contributed by atoms with van der Waals surface area (Å²) in [6.07, 6.45) is 1.49. The summed E-state index contributed by atoms with van der Waals surface area (Å²) in [5.74, 6) is 0.598. The zero-order valence-electron chi connectivity index (χ0n) is 8.07. The number of fused-ring (bicyclic) bond motifs is 1. The lowest BCUT2D eigenvalue weighted by Gasteiger charge is -1.91. The van der Waals surface area contributed by atoms with Gasteiger partial charge < -0.3 is 10.7 Å². The van der Waals surface area contributed by atoms with Crippen molar-refractivity contribution >= 4 is 46.2 Å². The summed E-state index contributed by atoms with van der Waals surface area (Å²) in [5, 5.41) is 4.55. The lowest BCUT2D eigenvalue weighted by atomic mass is 10.3. The quantitative estimate of drug-likeness (QED) is 0.429. The fraction of sp³-hybridized carbons (Fsp3) is 0. The maximum absolute atomic E-state index is 5.85. The molecular formula is C9H8ClN5S. The first kappa shape index (κ1) is 10.8. The van der Waals surface area contributed by atoms with Gasteiger partial charge >= 0.3 is 0 Å². The maximum atomic E-state index is 5.85. The van der Waals surface area contributed by atoms with Gasteiger partial charge in [0.25, 0.3) is 0 Å². The fourth-order valence-electron chi connectivity index (χ4n) is 1.22. The number of H-pyrrole nitrogens is 1. The van der Waals surface area contributed by atoms with Gasteiger partial charge in [0.15, 0.2) is 10.9 Å². The number of nitrogens with one attached hydrogen (secondary N) is 2. The minimum absolute atomic E-state index is 0.107. The van der Waals surface area contributed by atoms with Crippen LogP contribution in [0, 0.1) is 0 Å². The van der Waals surface area contributed by atoms with Crippen molar-refractivity contribution in [1.29, 1.82) is 0 Å². The summed E-state index contributed by atoms with van der Waals surface area (Å²) < 4.78 is 0. The molecule has 0 aliphatic heterocycles. The molecule has 82 valence electrons. The van der Waals surface area contributed by atoms with Gasteiger partial charge in [0.2, 0.25) is 0 Å². The van der Waals surface area contributed by atoms with Gasteiger partial charge in [0.1, 0.15) is 0 Å². The Labute approximate surface area is 102 Å². The van der Waals surface area contributed by atoms with Crippen molar-refractivity contribution in [2.24, 2.45) is 10.8 Å². The van der Waals surface area contributed by atoms with E-state index in [1.807, 2.05) is 6.07 Å². The Morgan fingerprint density at radius 3 is 3.19 bits per heavy atom. The summed E-state index contributed by atoms with van der Waals surface area (Å²) in [6, 6.07) is 5.40. The highest BCUT2D eigenvalue weighted by Gasteiger charge is 2.00. The van der Waals surface area contributed by atoms with Crippen LogP contribution in [0.4, 0.5) is 0 Å². The number of hydrogen-bond donors (Lipinski definition) is 3. The monoisotopic (exact) mass is 253 g/mol. The van der Waals surface area contributed by atoms with Gasteiger partial charge in [0.05, 0.1) is 17.2 Å². The van der Waals surface area contributed by atoms with Crippen LogP contribution in [0.3, 0.4) is 0 Å². The Bertz CT molecular complexity index is 562. The molecule has 2 rings (SSSR count). The number of halogens is 1. The predicted octanol–water partition coefficient (Wildman–Crippen LogP) is 1.38. The zero-order chi connectivity index (χ0) is 11.5. The highest BCUT2D eigenvalue weighted by molar-refractivity contribution is 7.80. The number of rotatable bonds is 2. The van der Waals surface area contributed by atoms with E-state index >= 15 is 0 Å². The largest absolute Gasteiger partial charge is 0.375 e. The van der Waals surface area contributed by atoms with Crippen LogP contribution in [0.2, 0.25) is 5.02 Å². The van der Waals surface area contributed by atoms with E-state index in [1.165, 1.54) is 6.21 Å². The van der Waals surface area contributed by atoms with Crippen molar-refractivity contribution in [2.45, 2.75) is 0 Å². The van der Waals surface area contributed by atoms with Gasteiger partial charge in [-0.2, -0.15) is 5.10 Å². The van der Waals surface area contributed by atoms with E-state index in [0.717, 1.165) is 11.0 Å². The topological polar surface area (TPSA) is 79.1 Å². The molecule has 1 aromatic heterocycles. The summed E-state index contributed by atoms with van der Waals surface area (Å²) in [7, 11) is 0. The Kier molecular flexibility index (Phi) is 3.02. The number of hydrazone groups is 1. The first-order valence-corrected chi connectivity index (χ1v) is 5.17. The van der Waals surface area contributed by atoms with Crippen LogP contribution in [0.15, 0.2) is 23.3 Å². The van der Waals surface area contributed by atoms with Crippen LogP contribution in [0.25, 0.3) is 11.0 Å². The second kappa shape index (κ2) is 4.46. The van der Waals surface area contributed by atoms with Crippen LogP contribution >= 0.6 is 23.8 Å². The molecule has 7 heteroatoms. The number of aromatic nitrogens is 2. The standard InChI is InChI=1S/C9H8ClN5S/c10-5-1-2-6-7(3-5)14-8(13-6)4-12-15-9(11)16/h1-4H,(H,13,14)(H3,11,15,16)/b12-4+. The van der Waals surface area contributed by atoms with Crippen LogP contribution in [-0.4, -0.2) is 21.3 Å². The first-order valence-electron chi connectivity index (χ1n) is 4.39. The predicted molar refractivity (Wildman–Crippen MR) is 68.6 cm³/mol. The highest BCUT2D eigenvalue weighted by Crippen LogP contribution is 2.16. The van der Waals surface area contributed by atoms with Crippen LogP contribution in [0.5, 0.6) is 0 Å². The number of hydrogen-bond acceptors (Lipinski definition) is 3. The maximum Gasteiger partial charge on any atom is 0.184 e. The second-order valence-electron chi connectivity index (χ2n) is 3.02. The summed E-state index contributed by atoms with van der Waals surface area (Å²) in [4.78, 5) is 7.30. The molecule has 16 heavy (non-hydrogen) atoms. The molecule has 0 radical (unpaired) electrons. The number of benzene rings is 1. The van der Waals surface area contributed by atoms with E-state index in [2.05, 4.69) is 32.7 Å². The third-order valence-corrected chi connectivity index (χ3v) is 2.15. The summed E-state index contributed by atoms with van der Waals surface area (Å²) in [5.41, 5.74) is 9.32. The summed E-state index contributed by atoms with van der Waals surface area (Å²) in [6.45, 7) is 0. The molecule has 1 heterocycles. The SMILES string of the molecule is NC(=S)N/N=C/c1nc2ccc(Cl)cc2[nH]1. The summed E-state index contributed by atoms with van der Waals surface area (Å²) >= 11 is 10.4. The Morgan fingerprint density at radius 1 is 1.62 bits per heavy atom. The third-order valence-electron chi connectivity index (χ3n) is 1.82. The number of nitrogens with two attached hydrogens (primary N) is 1. The number of nitrogens with zero attached hydrogens (tertiary/aromatic N) is 2. The van der Waals surface area contributed by atoms with Crippen molar-refractivity contribution in [3.63, 3.8) is 0 Å². The number of thiocarbonyl (C=S) groups is 1. The normalized spacial score (nSPS) is 11.1. The Balaban J connectivity index is 2.26. The molecule has 0 unspecified atom stereocenters. The minimum atomic E-state index is 0.107. The Morgan fingerprint density at radius 2 is 2.44 bits per heavy atom. The van der Waals surface area contributed by atoms with Gasteiger partial charge in [-0.3, -0.25) is 5.43 Å². The Hall–Kier alpha value is -1.66. The molecule has 5 nitrogen and oxygen atoms in total. The zero-order valence-corrected chi connectivity index (χ0v) is 9.64. The van der Waals surface area contributed by atoms with Gasteiger partial charge in [-0.05, 0) is 30.4 Å². The van der Waals surface area contributed by atoms with Crippen LogP contribution < -0.4 is 11.2 Å². The van der Waals surface area contributed by atoms with Gasteiger partial charge in [-0.1, -0.05) is 11.6 Å². The van der Waals surface area contributed by atoms with E-state index in [1.54, 1.807) is 12.1 Å². The van der Waals surface area contributed by atoms with E-state index in [-0.39, 0.29) is 5.11 Å². The van der Waals surface area contributed by atoms with E-state index in [9.17, 15) is 0 Å². The van der Waals surface area contributed by atoms with Gasteiger partial charge in [0, 0.05) is 5.02 Å². The molecule has 0 aliphatic rings. The average Bonchev–Trinajstić information content (AvgIpc) is 2.58. The highest BCUT2D eigenvalue weighted by atomic mass is 35.5. The smallest absolute Gasteiger partial charge is 0.184 e. The molecule has 4 N–H and O–H groups in total. The molecule has 2 aromatic rings. The minimum Gasteiger partial charge on any atom is -0.375 e. The van der Waals surface area contributed by atoms with Crippen molar-refractivity contribution in [2.75, 3.05) is 0 Å². The third kappa shape index (κ3) is 2.47.